The third-order valence-electron chi connectivity index (χ3n) is 3.91. The number of amides is 1. The van der Waals surface area contributed by atoms with Crippen LogP contribution in [0.1, 0.15) is 16.1 Å². The molecule has 0 spiro atoms. The van der Waals surface area contributed by atoms with Gasteiger partial charge in [0.25, 0.3) is 5.91 Å². The molecule has 2 aromatic carbocycles. The van der Waals surface area contributed by atoms with Crippen LogP contribution in [-0.4, -0.2) is 22.8 Å². The van der Waals surface area contributed by atoms with Crippen molar-refractivity contribution in [3.8, 4) is 17.0 Å². The first-order chi connectivity index (χ1) is 12.0. The average molecular weight is 356 g/mol. The summed E-state index contributed by atoms with van der Waals surface area (Å²) in [5.74, 6) is 0.493. The molecule has 0 unspecified atom stereocenters. The van der Waals surface area contributed by atoms with E-state index in [0.717, 1.165) is 16.9 Å². The lowest BCUT2D eigenvalue weighted by molar-refractivity contribution is 0.101. The van der Waals surface area contributed by atoms with Crippen molar-refractivity contribution in [2.75, 3.05) is 12.4 Å². The number of halogens is 1. The van der Waals surface area contributed by atoms with Gasteiger partial charge in [-0.25, -0.2) is 0 Å². The van der Waals surface area contributed by atoms with E-state index < -0.39 is 0 Å². The van der Waals surface area contributed by atoms with Crippen molar-refractivity contribution in [3.63, 3.8) is 0 Å². The molecule has 0 bridgehead atoms. The van der Waals surface area contributed by atoms with E-state index >= 15 is 0 Å². The van der Waals surface area contributed by atoms with Crippen LogP contribution in [-0.2, 0) is 7.05 Å². The molecule has 0 saturated carbocycles. The van der Waals surface area contributed by atoms with E-state index in [9.17, 15) is 4.79 Å². The molecule has 0 aliphatic carbocycles. The lowest BCUT2D eigenvalue weighted by atomic mass is 10.1. The fraction of sp³-hybridized carbons (Fsp3) is 0.158. The molecule has 3 aromatic rings. The van der Waals surface area contributed by atoms with Crippen LogP contribution in [0.25, 0.3) is 11.3 Å². The molecule has 5 nitrogen and oxygen atoms in total. The van der Waals surface area contributed by atoms with Gasteiger partial charge in [0, 0.05) is 23.3 Å². The Kier molecular flexibility index (Phi) is 4.76. The van der Waals surface area contributed by atoms with Crippen molar-refractivity contribution < 1.29 is 9.53 Å². The summed E-state index contributed by atoms with van der Waals surface area (Å²) in [7, 11) is 3.35. The summed E-state index contributed by atoms with van der Waals surface area (Å²) in [5.41, 5.74) is 3.64. The largest absolute Gasteiger partial charge is 0.497 e. The number of aromatic nitrogens is 2. The SMILES string of the molecule is COc1cccc(-c2cc(C(=O)Nc3ccc(C)c(Cl)c3)n(C)n2)c1. The molecule has 1 heterocycles. The van der Waals surface area contributed by atoms with Crippen LogP contribution in [0.3, 0.4) is 0 Å². The number of nitrogens with one attached hydrogen (secondary N) is 1. The predicted octanol–water partition coefficient (Wildman–Crippen LogP) is 4.31. The lowest BCUT2D eigenvalue weighted by Crippen LogP contribution is -2.16. The van der Waals surface area contributed by atoms with Gasteiger partial charge in [0.15, 0.2) is 0 Å². The van der Waals surface area contributed by atoms with Crippen molar-refractivity contribution in [1.82, 2.24) is 9.78 Å². The van der Waals surface area contributed by atoms with Crippen molar-refractivity contribution in [2.24, 2.45) is 7.05 Å². The van der Waals surface area contributed by atoms with Gasteiger partial charge in [0.1, 0.15) is 11.4 Å². The summed E-state index contributed by atoms with van der Waals surface area (Å²) in [6.45, 7) is 1.91. The maximum Gasteiger partial charge on any atom is 0.273 e. The molecule has 0 atom stereocenters. The van der Waals surface area contributed by atoms with Crippen molar-refractivity contribution in [1.29, 1.82) is 0 Å². The second-order valence-electron chi connectivity index (χ2n) is 5.69. The van der Waals surface area contributed by atoms with Crippen LogP contribution in [0, 0.1) is 6.92 Å². The summed E-state index contributed by atoms with van der Waals surface area (Å²) >= 11 is 6.11. The highest BCUT2D eigenvalue weighted by Crippen LogP contribution is 2.24. The summed E-state index contributed by atoms with van der Waals surface area (Å²) in [6.07, 6.45) is 0. The molecule has 0 aliphatic heterocycles. The molecule has 0 aliphatic rings. The Hall–Kier alpha value is -2.79. The van der Waals surface area contributed by atoms with Gasteiger partial charge in [0.2, 0.25) is 0 Å². The Morgan fingerprint density at radius 1 is 1.20 bits per heavy atom. The van der Waals surface area contributed by atoms with Gasteiger partial charge in [-0.2, -0.15) is 5.10 Å². The van der Waals surface area contributed by atoms with Crippen molar-refractivity contribution >= 4 is 23.2 Å². The average Bonchev–Trinajstić information content (AvgIpc) is 3.00. The fourth-order valence-electron chi connectivity index (χ4n) is 2.47. The number of hydrogen-bond donors (Lipinski definition) is 1. The maximum absolute atomic E-state index is 12.6. The topological polar surface area (TPSA) is 56.1 Å². The number of aryl methyl sites for hydroxylation is 2. The van der Waals surface area contributed by atoms with E-state index in [1.807, 2.05) is 43.3 Å². The van der Waals surface area contributed by atoms with Gasteiger partial charge >= 0.3 is 0 Å². The zero-order valence-corrected chi connectivity index (χ0v) is 15.0. The molecule has 0 saturated heterocycles. The van der Waals surface area contributed by atoms with E-state index in [-0.39, 0.29) is 5.91 Å². The van der Waals surface area contributed by atoms with Gasteiger partial charge in [-0.15, -0.1) is 0 Å². The van der Waals surface area contributed by atoms with Crippen molar-refractivity contribution in [2.45, 2.75) is 6.92 Å². The third-order valence-corrected chi connectivity index (χ3v) is 4.31. The molecule has 6 heteroatoms. The maximum atomic E-state index is 12.6. The van der Waals surface area contributed by atoms with E-state index in [0.29, 0.717) is 22.1 Å². The quantitative estimate of drug-likeness (QED) is 0.758. The highest BCUT2D eigenvalue weighted by molar-refractivity contribution is 6.31. The Bertz CT molecular complexity index is 934. The zero-order valence-electron chi connectivity index (χ0n) is 14.2. The summed E-state index contributed by atoms with van der Waals surface area (Å²) in [4.78, 5) is 12.6. The van der Waals surface area contributed by atoms with Crippen LogP contribution in [0.5, 0.6) is 5.75 Å². The van der Waals surface area contributed by atoms with E-state index in [2.05, 4.69) is 10.4 Å². The Balaban J connectivity index is 1.86. The molecule has 0 fully saturated rings. The predicted molar refractivity (Wildman–Crippen MR) is 99.3 cm³/mol. The lowest BCUT2D eigenvalue weighted by Gasteiger charge is -2.06. The van der Waals surface area contributed by atoms with E-state index in [4.69, 9.17) is 16.3 Å². The summed E-state index contributed by atoms with van der Waals surface area (Å²) in [6, 6.07) is 14.7. The fourth-order valence-corrected chi connectivity index (χ4v) is 2.65. The van der Waals surface area contributed by atoms with Crippen LogP contribution in [0.4, 0.5) is 5.69 Å². The number of carbonyl (C=O) groups is 1. The van der Waals surface area contributed by atoms with E-state index in [1.54, 1.807) is 31.0 Å². The summed E-state index contributed by atoms with van der Waals surface area (Å²) < 4.78 is 6.79. The standard InChI is InChI=1S/C19H18ClN3O2/c1-12-7-8-14(10-16(12)20)21-19(24)18-11-17(22-23(18)2)13-5-4-6-15(9-13)25-3/h4-11H,1-3H3,(H,21,24). The summed E-state index contributed by atoms with van der Waals surface area (Å²) in [5, 5.41) is 7.88. The van der Waals surface area contributed by atoms with Gasteiger partial charge in [-0.05, 0) is 42.8 Å². The third kappa shape index (κ3) is 3.67. The van der Waals surface area contributed by atoms with Crippen LogP contribution in [0.15, 0.2) is 48.5 Å². The highest BCUT2D eigenvalue weighted by Gasteiger charge is 2.15. The molecule has 1 aromatic heterocycles. The minimum absolute atomic E-state index is 0.246. The molecule has 1 amide bonds. The van der Waals surface area contributed by atoms with Gasteiger partial charge in [-0.3, -0.25) is 9.48 Å². The van der Waals surface area contributed by atoms with Gasteiger partial charge in [-0.1, -0.05) is 29.8 Å². The van der Waals surface area contributed by atoms with Crippen LogP contribution in [0.2, 0.25) is 5.02 Å². The van der Waals surface area contributed by atoms with Crippen LogP contribution >= 0.6 is 11.6 Å². The number of benzene rings is 2. The minimum atomic E-state index is -0.246. The monoisotopic (exact) mass is 355 g/mol. The molecule has 0 radical (unpaired) electrons. The number of ether oxygens (including phenoxy) is 1. The Morgan fingerprint density at radius 3 is 2.72 bits per heavy atom. The number of hydrogen-bond acceptors (Lipinski definition) is 3. The van der Waals surface area contributed by atoms with E-state index in [1.165, 1.54) is 0 Å². The molecular formula is C19H18ClN3O2. The molecule has 25 heavy (non-hydrogen) atoms. The molecule has 1 N–H and O–H groups in total. The first kappa shape index (κ1) is 17.0. The smallest absolute Gasteiger partial charge is 0.273 e. The van der Waals surface area contributed by atoms with Crippen LogP contribution < -0.4 is 10.1 Å². The number of rotatable bonds is 4. The Labute approximate surface area is 151 Å². The van der Waals surface area contributed by atoms with Crippen molar-refractivity contribution in [3.05, 3.63) is 64.8 Å². The molecular weight excluding hydrogens is 338 g/mol. The molecule has 128 valence electrons. The Morgan fingerprint density at radius 2 is 2.00 bits per heavy atom. The second-order valence-corrected chi connectivity index (χ2v) is 6.10. The number of carbonyl (C=O) groups excluding carboxylic acids is 1. The number of anilines is 1. The highest BCUT2D eigenvalue weighted by atomic mass is 35.5. The first-order valence-electron chi connectivity index (χ1n) is 7.74. The second kappa shape index (κ2) is 6.99. The normalized spacial score (nSPS) is 10.6. The van der Waals surface area contributed by atoms with Gasteiger partial charge < -0.3 is 10.1 Å². The number of nitrogens with zero attached hydrogens (tertiary/aromatic N) is 2. The van der Waals surface area contributed by atoms with Gasteiger partial charge in [0.05, 0.1) is 12.8 Å². The number of methoxy groups -OCH3 is 1. The first-order valence-corrected chi connectivity index (χ1v) is 8.11. The minimum Gasteiger partial charge on any atom is -0.497 e. The zero-order chi connectivity index (χ0) is 18.0. The molecule has 3 rings (SSSR count).